The third kappa shape index (κ3) is 4.39. The first-order valence-electron chi connectivity index (χ1n) is 6.71. The highest BCUT2D eigenvalue weighted by Crippen LogP contribution is 2.15. The van der Waals surface area contributed by atoms with Crippen LogP contribution in [-0.2, 0) is 6.42 Å². The fourth-order valence-corrected chi connectivity index (χ4v) is 2.39. The van der Waals surface area contributed by atoms with Gasteiger partial charge in [-0.15, -0.1) is 0 Å². The Morgan fingerprint density at radius 2 is 1.67 bits per heavy atom. The van der Waals surface area contributed by atoms with Crippen LogP contribution in [0.5, 0.6) is 0 Å². The highest BCUT2D eigenvalue weighted by Gasteiger charge is 2.07. The molecule has 108 valence electrons. The van der Waals surface area contributed by atoms with Crippen molar-refractivity contribution in [3.8, 4) is 0 Å². The van der Waals surface area contributed by atoms with E-state index in [-0.39, 0.29) is 5.91 Å². The van der Waals surface area contributed by atoms with Crippen LogP contribution in [0, 0.1) is 13.8 Å². The highest BCUT2D eigenvalue weighted by molar-refractivity contribution is 7.80. The summed E-state index contributed by atoms with van der Waals surface area (Å²) in [6.45, 7) is 4.01. The Hall–Kier alpha value is -2.20. The number of hydrogen-bond acceptors (Lipinski definition) is 2. The molecule has 0 aliphatic rings. The summed E-state index contributed by atoms with van der Waals surface area (Å²) in [5, 5.41) is 2.91. The molecule has 0 aliphatic heterocycles. The molecule has 2 rings (SSSR count). The van der Waals surface area contributed by atoms with Gasteiger partial charge in [0.15, 0.2) is 0 Å². The molecule has 0 saturated heterocycles. The van der Waals surface area contributed by atoms with Crippen molar-refractivity contribution < 1.29 is 4.79 Å². The van der Waals surface area contributed by atoms with Gasteiger partial charge in [-0.3, -0.25) is 4.79 Å². The van der Waals surface area contributed by atoms with E-state index in [1.807, 2.05) is 38.1 Å². The van der Waals surface area contributed by atoms with E-state index in [2.05, 4.69) is 11.4 Å². The normalized spacial score (nSPS) is 10.2. The third-order valence-corrected chi connectivity index (χ3v) is 3.22. The second-order valence-corrected chi connectivity index (χ2v) is 5.69. The number of carbonyl (C=O) groups is 1. The zero-order valence-electron chi connectivity index (χ0n) is 12.1. The van der Waals surface area contributed by atoms with E-state index >= 15 is 0 Å². The number of nitrogens with two attached hydrogens (primary N) is 1. The summed E-state index contributed by atoms with van der Waals surface area (Å²) in [5.74, 6) is -0.123. The lowest BCUT2D eigenvalue weighted by molar-refractivity contribution is 0.102. The van der Waals surface area contributed by atoms with Crippen molar-refractivity contribution in [3.63, 3.8) is 0 Å². The second kappa shape index (κ2) is 6.50. The third-order valence-electron chi connectivity index (χ3n) is 3.07. The molecule has 0 atom stereocenters. The fraction of sp³-hybridized carbons (Fsp3) is 0.176. The number of rotatable bonds is 4. The zero-order chi connectivity index (χ0) is 15.4. The molecule has 0 spiro atoms. The first-order valence-corrected chi connectivity index (χ1v) is 7.12. The maximum atomic E-state index is 12.2. The van der Waals surface area contributed by atoms with E-state index in [4.69, 9.17) is 18.0 Å². The molecule has 2 aromatic carbocycles. The fourth-order valence-electron chi connectivity index (χ4n) is 2.23. The maximum absolute atomic E-state index is 12.2. The van der Waals surface area contributed by atoms with Gasteiger partial charge in [-0.1, -0.05) is 30.4 Å². The van der Waals surface area contributed by atoms with Crippen LogP contribution in [0.2, 0.25) is 0 Å². The van der Waals surface area contributed by atoms with Gasteiger partial charge < -0.3 is 11.1 Å². The molecule has 3 N–H and O–H groups in total. The summed E-state index contributed by atoms with van der Waals surface area (Å²) in [6, 6.07) is 13.3. The molecule has 0 bridgehead atoms. The number of carbonyl (C=O) groups excluding carboxylic acids is 1. The molecule has 0 heterocycles. The van der Waals surface area contributed by atoms with Gasteiger partial charge in [-0.25, -0.2) is 0 Å². The van der Waals surface area contributed by atoms with Crippen LogP contribution < -0.4 is 11.1 Å². The van der Waals surface area contributed by atoms with Crippen LogP contribution in [0.1, 0.15) is 27.0 Å². The molecular formula is C17H18N2OS. The van der Waals surface area contributed by atoms with Gasteiger partial charge in [0.1, 0.15) is 0 Å². The molecule has 0 unspecified atom stereocenters. The first-order chi connectivity index (χ1) is 9.94. The van der Waals surface area contributed by atoms with Gasteiger partial charge in [-0.2, -0.15) is 0 Å². The highest BCUT2D eigenvalue weighted by atomic mass is 32.1. The van der Waals surface area contributed by atoms with Gasteiger partial charge in [0.05, 0.1) is 4.99 Å². The Labute approximate surface area is 130 Å². The van der Waals surface area contributed by atoms with Crippen molar-refractivity contribution in [2.45, 2.75) is 20.3 Å². The van der Waals surface area contributed by atoms with Gasteiger partial charge >= 0.3 is 0 Å². The van der Waals surface area contributed by atoms with Crippen LogP contribution in [0.4, 0.5) is 5.69 Å². The molecular weight excluding hydrogens is 280 g/mol. The standard InChI is InChI=1S/C17H18N2OS/c1-11-7-12(2)9-15(8-11)19-17(20)14-5-3-13(4-6-14)10-16(18)21/h3-9H,10H2,1-2H3,(H2,18,21)(H,19,20). The summed E-state index contributed by atoms with van der Waals surface area (Å²) >= 11 is 4.87. The van der Waals surface area contributed by atoms with Crippen LogP contribution in [0.25, 0.3) is 0 Å². The summed E-state index contributed by atoms with van der Waals surface area (Å²) in [6.07, 6.45) is 0.550. The average Bonchev–Trinajstić information content (AvgIpc) is 2.37. The summed E-state index contributed by atoms with van der Waals surface area (Å²) < 4.78 is 0. The number of nitrogens with one attached hydrogen (secondary N) is 1. The minimum atomic E-state index is -0.123. The van der Waals surface area contributed by atoms with Gasteiger partial charge in [0.2, 0.25) is 0 Å². The Morgan fingerprint density at radius 1 is 1.10 bits per heavy atom. The van der Waals surface area contributed by atoms with Crippen molar-refractivity contribution in [1.82, 2.24) is 0 Å². The van der Waals surface area contributed by atoms with Crippen molar-refractivity contribution in [3.05, 3.63) is 64.7 Å². The first kappa shape index (κ1) is 15.2. The number of thiocarbonyl (C=S) groups is 1. The van der Waals surface area contributed by atoms with Crippen molar-refractivity contribution in [2.75, 3.05) is 5.32 Å². The molecule has 3 nitrogen and oxygen atoms in total. The molecule has 21 heavy (non-hydrogen) atoms. The SMILES string of the molecule is Cc1cc(C)cc(NC(=O)c2ccc(CC(N)=S)cc2)c1. The Bertz CT molecular complexity index is 657. The topological polar surface area (TPSA) is 55.1 Å². The molecule has 0 saturated carbocycles. The minimum absolute atomic E-state index is 0.123. The van der Waals surface area contributed by atoms with E-state index in [0.717, 1.165) is 22.4 Å². The maximum Gasteiger partial charge on any atom is 0.255 e. The Kier molecular flexibility index (Phi) is 4.70. The van der Waals surface area contributed by atoms with Crippen LogP contribution >= 0.6 is 12.2 Å². The zero-order valence-corrected chi connectivity index (χ0v) is 13.0. The smallest absolute Gasteiger partial charge is 0.255 e. The van der Waals surface area contributed by atoms with Crippen LogP contribution in [0.3, 0.4) is 0 Å². The van der Waals surface area contributed by atoms with E-state index < -0.39 is 0 Å². The molecule has 4 heteroatoms. The molecule has 2 aromatic rings. The van der Waals surface area contributed by atoms with Gasteiger partial charge in [0.25, 0.3) is 5.91 Å². The monoisotopic (exact) mass is 298 g/mol. The van der Waals surface area contributed by atoms with Crippen molar-refractivity contribution in [1.29, 1.82) is 0 Å². The number of anilines is 1. The molecule has 0 aliphatic carbocycles. The number of aryl methyl sites for hydroxylation is 2. The lowest BCUT2D eigenvalue weighted by atomic mass is 10.1. The van der Waals surface area contributed by atoms with Crippen LogP contribution in [0.15, 0.2) is 42.5 Å². The van der Waals surface area contributed by atoms with E-state index in [9.17, 15) is 4.79 Å². The number of hydrogen-bond donors (Lipinski definition) is 2. The van der Waals surface area contributed by atoms with E-state index in [0.29, 0.717) is 17.0 Å². The van der Waals surface area contributed by atoms with Crippen molar-refractivity contribution in [2.24, 2.45) is 5.73 Å². The summed E-state index contributed by atoms with van der Waals surface area (Å²) in [4.78, 5) is 12.7. The molecule has 0 radical (unpaired) electrons. The molecule has 0 fully saturated rings. The largest absolute Gasteiger partial charge is 0.393 e. The second-order valence-electron chi connectivity index (χ2n) is 5.17. The summed E-state index contributed by atoms with van der Waals surface area (Å²) in [7, 11) is 0. The Balaban J connectivity index is 2.11. The van der Waals surface area contributed by atoms with E-state index in [1.165, 1.54) is 0 Å². The quantitative estimate of drug-likeness (QED) is 0.851. The predicted molar refractivity (Wildman–Crippen MR) is 90.8 cm³/mol. The van der Waals surface area contributed by atoms with Crippen molar-refractivity contribution >= 4 is 28.8 Å². The lowest BCUT2D eigenvalue weighted by Crippen LogP contribution is -2.13. The van der Waals surface area contributed by atoms with Crippen LogP contribution in [-0.4, -0.2) is 10.9 Å². The minimum Gasteiger partial charge on any atom is -0.393 e. The number of benzene rings is 2. The van der Waals surface area contributed by atoms with E-state index in [1.54, 1.807) is 12.1 Å². The Morgan fingerprint density at radius 3 is 2.19 bits per heavy atom. The molecule has 0 aromatic heterocycles. The average molecular weight is 298 g/mol. The number of amides is 1. The van der Waals surface area contributed by atoms with Gasteiger partial charge in [-0.05, 0) is 54.8 Å². The lowest BCUT2D eigenvalue weighted by Gasteiger charge is -2.08. The molecule has 1 amide bonds. The predicted octanol–water partition coefficient (Wildman–Crippen LogP) is 3.38. The van der Waals surface area contributed by atoms with Gasteiger partial charge in [0, 0.05) is 17.7 Å². The summed E-state index contributed by atoms with van der Waals surface area (Å²) in [5.41, 5.74) is 10.2.